The summed E-state index contributed by atoms with van der Waals surface area (Å²) in [6, 6.07) is 9.90. The summed E-state index contributed by atoms with van der Waals surface area (Å²) in [6.45, 7) is 2.34. The third kappa shape index (κ3) is 3.22. The number of nitrogens with zero attached hydrogens (tertiary/aromatic N) is 4. The predicted molar refractivity (Wildman–Crippen MR) is 94.5 cm³/mol. The van der Waals surface area contributed by atoms with Crippen LogP contribution in [-0.2, 0) is 16.1 Å². The SMILES string of the molecule is CN1C(=O)[C@H]2COC[C@@H]1CN(C(=O)c1cnn(Cc3ccccc3)c1)C2. The minimum absolute atomic E-state index is 0.0579. The molecule has 7 heteroatoms. The molecule has 4 rings (SSSR count). The second-order valence-corrected chi connectivity index (χ2v) is 6.96. The van der Waals surface area contributed by atoms with E-state index in [2.05, 4.69) is 5.10 Å². The number of likely N-dealkylation sites (N-methyl/N-ethyl adjacent to an activating group) is 1. The van der Waals surface area contributed by atoms with E-state index in [-0.39, 0.29) is 23.8 Å². The molecule has 7 nitrogen and oxygen atoms in total. The van der Waals surface area contributed by atoms with E-state index >= 15 is 0 Å². The summed E-state index contributed by atoms with van der Waals surface area (Å²) in [5.41, 5.74) is 1.68. The Kier molecular flexibility index (Phi) is 4.46. The van der Waals surface area contributed by atoms with Crippen molar-refractivity contribution in [2.24, 2.45) is 5.92 Å². The number of fused-ring (bicyclic) bond motifs is 3. The van der Waals surface area contributed by atoms with Crippen LogP contribution in [0.4, 0.5) is 0 Å². The van der Waals surface area contributed by atoms with E-state index in [1.165, 1.54) is 0 Å². The number of benzene rings is 1. The van der Waals surface area contributed by atoms with Crippen LogP contribution in [0.5, 0.6) is 0 Å². The van der Waals surface area contributed by atoms with Gasteiger partial charge in [-0.1, -0.05) is 30.3 Å². The molecule has 2 bridgehead atoms. The first kappa shape index (κ1) is 16.8. The molecule has 136 valence electrons. The van der Waals surface area contributed by atoms with Gasteiger partial charge in [-0.2, -0.15) is 5.10 Å². The molecule has 3 heterocycles. The highest BCUT2D eigenvalue weighted by atomic mass is 16.5. The van der Waals surface area contributed by atoms with Crippen molar-refractivity contribution in [1.82, 2.24) is 19.6 Å². The summed E-state index contributed by atoms with van der Waals surface area (Å²) >= 11 is 0. The molecule has 1 aromatic heterocycles. The van der Waals surface area contributed by atoms with Crippen molar-refractivity contribution in [3.05, 3.63) is 53.9 Å². The third-order valence-corrected chi connectivity index (χ3v) is 5.10. The van der Waals surface area contributed by atoms with Crippen molar-refractivity contribution in [1.29, 1.82) is 0 Å². The van der Waals surface area contributed by atoms with Crippen LogP contribution < -0.4 is 0 Å². The quantitative estimate of drug-likeness (QED) is 0.820. The van der Waals surface area contributed by atoms with Crippen molar-refractivity contribution in [2.75, 3.05) is 33.4 Å². The van der Waals surface area contributed by atoms with Crippen molar-refractivity contribution in [3.8, 4) is 0 Å². The van der Waals surface area contributed by atoms with Crippen molar-refractivity contribution >= 4 is 11.8 Å². The molecule has 0 unspecified atom stereocenters. The molecule has 26 heavy (non-hydrogen) atoms. The molecule has 2 amide bonds. The molecule has 2 atom stereocenters. The maximum absolute atomic E-state index is 13.0. The molecule has 0 N–H and O–H groups in total. The summed E-state index contributed by atoms with van der Waals surface area (Å²) < 4.78 is 7.36. The number of ether oxygens (including phenoxy) is 1. The Hall–Kier alpha value is -2.67. The zero-order valence-corrected chi connectivity index (χ0v) is 14.7. The van der Waals surface area contributed by atoms with Crippen LogP contribution in [0.3, 0.4) is 0 Å². The molecular formula is C19H22N4O3. The van der Waals surface area contributed by atoms with Gasteiger partial charge < -0.3 is 14.5 Å². The fourth-order valence-electron chi connectivity index (χ4n) is 3.58. The number of hydrogen-bond acceptors (Lipinski definition) is 4. The molecule has 1 aromatic carbocycles. The summed E-state index contributed by atoms with van der Waals surface area (Å²) in [5, 5.41) is 4.32. The second-order valence-electron chi connectivity index (χ2n) is 6.96. The number of hydrogen-bond donors (Lipinski definition) is 0. The first-order valence-electron chi connectivity index (χ1n) is 8.82. The third-order valence-electron chi connectivity index (χ3n) is 5.10. The van der Waals surface area contributed by atoms with Gasteiger partial charge in [0.2, 0.25) is 5.91 Å². The number of carbonyl (C=O) groups is 2. The van der Waals surface area contributed by atoms with E-state index in [1.54, 1.807) is 33.9 Å². The molecule has 2 aliphatic heterocycles. The summed E-state index contributed by atoms with van der Waals surface area (Å²) in [6.07, 6.45) is 3.38. The van der Waals surface area contributed by atoms with Crippen LogP contribution >= 0.6 is 0 Å². The van der Waals surface area contributed by atoms with Gasteiger partial charge in [0.15, 0.2) is 0 Å². The normalized spacial score (nSPS) is 23.0. The van der Waals surface area contributed by atoms with Gasteiger partial charge in [0, 0.05) is 26.3 Å². The molecule has 2 fully saturated rings. The maximum Gasteiger partial charge on any atom is 0.257 e. The van der Waals surface area contributed by atoms with Gasteiger partial charge >= 0.3 is 0 Å². The first-order chi connectivity index (χ1) is 12.6. The minimum Gasteiger partial charge on any atom is -0.378 e. The van der Waals surface area contributed by atoms with E-state index in [4.69, 9.17) is 4.74 Å². The molecule has 2 aliphatic rings. The molecule has 0 saturated carbocycles. The number of rotatable bonds is 3. The average Bonchev–Trinajstić information content (AvgIpc) is 3.00. The van der Waals surface area contributed by atoms with Crippen LogP contribution in [0.2, 0.25) is 0 Å². The van der Waals surface area contributed by atoms with Crippen molar-refractivity contribution in [3.63, 3.8) is 0 Å². The summed E-state index contributed by atoms with van der Waals surface area (Å²) in [4.78, 5) is 28.9. The van der Waals surface area contributed by atoms with Gasteiger partial charge in [0.05, 0.1) is 43.5 Å². The zero-order valence-electron chi connectivity index (χ0n) is 14.7. The number of amides is 2. The van der Waals surface area contributed by atoms with E-state index < -0.39 is 0 Å². The van der Waals surface area contributed by atoms with Crippen LogP contribution in [0, 0.1) is 5.92 Å². The lowest BCUT2D eigenvalue weighted by molar-refractivity contribution is -0.133. The van der Waals surface area contributed by atoms with E-state index in [0.29, 0.717) is 38.4 Å². The Morgan fingerprint density at radius 3 is 2.85 bits per heavy atom. The Labute approximate surface area is 152 Å². The Balaban J connectivity index is 1.50. The van der Waals surface area contributed by atoms with Gasteiger partial charge in [-0.3, -0.25) is 14.3 Å². The monoisotopic (exact) mass is 354 g/mol. The van der Waals surface area contributed by atoms with Gasteiger partial charge in [-0.05, 0) is 5.56 Å². The second kappa shape index (κ2) is 6.92. The maximum atomic E-state index is 13.0. The van der Waals surface area contributed by atoms with Crippen LogP contribution in [0.25, 0.3) is 0 Å². The fraction of sp³-hybridized carbons (Fsp3) is 0.421. The average molecular weight is 354 g/mol. The van der Waals surface area contributed by atoms with Crippen LogP contribution in [0.1, 0.15) is 15.9 Å². The fourth-order valence-corrected chi connectivity index (χ4v) is 3.58. The number of aromatic nitrogens is 2. The topological polar surface area (TPSA) is 67.7 Å². The standard InChI is InChI=1S/C19H22N4O3/c1-21-17-11-22(9-16(18(21)24)12-26-13-17)19(25)15-7-20-23(10-15)8-14-5-3-2-4-6-14/h2-7,10,16-17H,8-9,11-13H2,1H3/t16-,17+/m1/s1. The van der Waals surface area contributed by atoms with Gasteiger partial charge in [-0.15, -0.1) is 0 Å². The summed E-state index contributed by atoms with van der Waals surface area (Å²) in [5.74, 6) is -0.317. The highest BCUT2D eigenvalue weighted by Gasteiger charge is 2.39. The van der Waals surface area contributed by atoms with Gasteiger partial charge in [-0.25, -0.2) is 0 Å². The Bertz CT molecular complexity index is 804. The van der Waals surface area contributed by atoms with E-state index in [1.807, 2.05) is 30.3 Å². The highest BCUT2D eigenvalue weighted by molar-refractivity contribution is 5.94. The predicted octanol–water partition coefficient (Wildman–Crippen LogP) is 0.861. The smallest absolute Gasteiger partial charge is 0.257 e. The molecule has 2 aromatic rings. The Morgan fingerprint density at radius 2 is 2.04 bits per heavy atom. The van der Waals surface area contributed by atoms with E-state index in [9.17, 15) is 9.59 Å². The largest absolute Gasteiger partial charge is 0.378 e. The van der Waals surface area contributed by atoms with Gasteiger partial charge in [0.1, 0.15) is 0 Å². The highest BCUT2D eigenvalue weighted by Crippen LogP contribution is 2.21. The summed E-state index contributed by atoms with van der Waals surface area (Å²) in [7, 11) is 1.79. The van der Waals surface area contributed by atoms with Crippen molar-refractivity contribution in [2.45, 2.75) is 12.6 Å². The Morgan fingerprint density at radius 1 is 1.23 bits per heavy atom. The lowest BCUT2D eigenvalue weighted by Gasteiger charge is -2.29. The van der Waals surface area contributed by atoms with E-state index in [0.717, 1.165) is 5.56 Å². The lowest BCUT2D eigenvalue weighted by atomic mass is 10.1. The van der Waals surface area contributed by atoms with Crippen molar-refractivity contribution < 1.29 is 14.3 Å². The zero-order chi connectivity index (χ0) is 18.1. The number of carbonyl (C=O) groups excluding carboxylic acids is 2. The van der Waals surface area contributed by atoms with Crippen LogP contribution in [0.15, 0.2) is 42.7 Å². The molecule has 2 saturated heterocycles. The lowest BCUT2D eigenvalue weighted by Crippen LogP contribution is -2.45. The molecule has 0 spiro atoms. The van der Waals surface area contributed by atoms with Gasteiger partial charge in [0.25, 0.3) is 5.91 Å². The molecular weight excluding hydrogens is 332 g/mol. The molecule has 0 radical (unpaired) electrons. The minimum atomic E-state index is -0.296. The first-order valence-corrected chi connectivity index (χ1v) is 8.82. The molecule has 0 aliphatic carbocycles. The van der Waals surface area contributed by atoms with Crippen LogP contribution in [-0.4, -0.2) is 70.8 Å².